The zero-order valence-electron chi connectivity index (χ0n) is 14.8. The molecule has 1 heterocycles. The molecule has 6 heteroatoms. The monoisotopic (exact) mass is 332 g/mol. The van der Waals surface area contributed by atoms with E-state index in [1.165, 1.54) is 11.7 Å². The van der Waals surface area contributed by atoms with E-state index in [1.807, 2.05) is 52.0 Å². The standard InChI is InChI=1S/C18H24N2O4/c1-11-13(10-14(19)16(21)23-5)12-8-6-7-9-15(12)20(11)17(22)24-18(2,3)4/h6-9,14H,10,19H2,1-5H3/t14-/m0/s1. The number of nitrogens with two attached hydrogens (primary N) is 1. The first kappa shape index (κ1) is 18.0. The molecular weight excluding hydrogens is 308 g/mol. The van der Waals surface area contributed by atoms with Gasteiger partial charge in [0.2, 0.25) is 0 Å². The number of aromatic nitrogens is 1. The SMILES string of the molecule is COC(=O)[C@@H](N)Cc1c(C)n(C(=O)OC(C)(C)C)c2ccccc12. The van der Waals surface area contributed by atoms with E-state index in [9.17, 15) is 9.59 Å². The van der Waals surface area contributed by atoms with Crippen molar-refractivity contribution in [1.29, 1.82) is 0 Å². The third kappa shape index (κ3) is 3.59. The van der Waals surface area contributed by atoms with E-state index in [2.05, 4.69) is 0 Å². The maximum absolute atomic E-state index is 12.6. The number of methoxy groups -OCH3 is 1. The van der Waals surface area contributed by atoms with Crippen molar-refractivity contribution >= 4 is 23.0 Å². The second-order valence-corrected chi connectivity index (χ2v) is 6.73. The molecule has 0 unspecified atom stereocenters. The molecule has 2 aromatic rings. The molecule has 24 heavy (non-hydrogen) atoms. The number of carbonyl (C=O) groups excluding carboxylic acids is 2. The number of para-hydroxylation sites is 1. The van der Waals surface area contributed by atoms with Gasteiger partial charge in [-0.2, -0.15) is 0 Å². The van der Waals surface area contributed by atoms with Crippen LogP contribution in [0.15, 0.2) is 24.3 Å². The molecule has 0 aliphatic rings. The molecule has 0 fully saturated rings. The summed E-state index contributed by atoms with van der Waals surface area (Å²) >= 11 is 0. The van der Waals surface area contributed by atoms with Crippen molar-refractivity contribution in [3.63, 3.8) is 0 Å². The van der Waals surface area contributed by atoms with Gasteiger partial charge in [0.05, 0.1) is 12.6 Å². The second-order valence-electron chi connectivity index (χ2n) is 6.73. The lowest BCUT2D eigenvalue weighted by molar-refractivity contribution is -0.142. The minimum Gasteiger partial charge on any atom is -0.468 e. The number of hydrogen-bond acceptors (Lipinski definition) is 5. The van der Waals surface area contributed by atoms with Gasteiger partial charge in [-0.3, -0.25) is 4.79 Å². The Labute approximate surface area is 141 Å². The van der Waals surface area contributed by atoms with E-state index in [4.69, 9.17) is 15.2 Å². The molecule has 0 radical (unpaired) electrons. The van der Waals surface area contributed by atoms with Crippen molar-refractivity contribution in [1.82, 2.24) is 4.57 Å². The smallest absolute Gasteiger partial charge is 0.419 e. The number of rotatable bonds is 3. The minimum absolute atomic E-state index is 0.287. The predicted molar refractivity (Wildman–Crippen MR) is 92.0 cm³/mol. The summed E-state index contributed by atoms with van der Waals surface area (Å²) in [6.07, 6.45) is -0.163. The maximum atomic E-state index is 12.6. The summed E-state index contributed by atoms with van der Waals surface area (Å²) in [5.74, 6) is -0.483. The molecule has 0 saturated carbocycles. The molecule has 0 bridgehead atoms. The Morgan fingerprint density at radius 2 is 1.88 bits per heavy atom. The molecule has 130 valence electrons. The van der Waals surface area contributed by atoms with Crippen molar-refractivity contribution in [2.45, 2.75) is 45.8 Å². The average molecular weight is 332 g/mol. The fourth-order valence-electron chi connectivity index (χ4n) is 2.69. The van der Waals surface area contributed by atoms with Gasteiger partial charge in [0.25, 0.3) is 0 Å². The first-order chi connectivity index (χ1) is 11.2. The molecule has 6 nitrogen and oxygen atoms in total. The molecule has 2 N–H and O–H groups in total. The highest BCUT2D eigenvalue weighted by molar-refractivity contribution is 5.94. The molecule has 0 amide bonds. The summed E-state index contributed by atoms with van der Waals surface area (Å²) in [5, 5.41) is 0.875. The number of carbonyl (C=O) groups is 2. The number of benzene rings is 1. The normalized spacial score (nSPS) is 12.9. The third-order valence-corrected chi connectivity index (χ3v) is 3.75. The van der Waals surface area contributed by atoms with Crippen LogP contribution < -0.4 is 5.73 Å². The Morgan fingerprint density at radius 3 is 2.46 bits per heavy atom. The zero-order valence-corrected chi connectivity index (χ0v) is 14.8. The van der Waals surface area contributed by atoms with Gasteiger partial charge >= 0.3 is 12.1 Å². The number of fused-ring (bicyclic) bond motifs is 1. The average Bonchev–Trinajstić information content (AvgIpc) is 2.77. The van der Waals surface area contributed by atoms with Crippen LogP contribution in [-0.4, -0.2) is 35.4 Å². The Bertz CT molecular complexity index is 771. The fourth-order valence-corrected chi connectivity index (χ4v) is 2.69. The molecule has 1 atom stereocenters. The lowest BCUT2D eigenvalue weighted by Crippen LogP contribution is -2.34. The quantitative estimate of drug-likeness (QED) is 0.874. The van der Waals surface area contributed by atoms with Gasteiger partial charge in [-0.05, 0) is 39.3 Å². The van der Waals surface area contributed by atoms with Crippen molar-refractivity contribution < 1.29 is 19.1 Å². The van der Waals surface area contributed by atoms with Gasteiger partial charge in [-0.15, -0.1) is 0 Å². The van der Waals surface area contributed by atoms with E-state index in [1.54, 1.807) is 0 Å². The molecule has 0 aliphatic heterocycles. The summed E-state index contributed by atoms with van der Waals surface area (Å²) in [6, 6.07) is 6.70. The summed E-state index contributed by atoms with van der Waals surface area (Å²) in [5.41, 5.74) is 7.59. The van der Waals surface area contributed by atoms with Gasteiger partial charge in [0.15, 0.2) is 0 Å². The first-order valence-electron chi connectivity index (χ1n) is 7.81. The number of ether oxygens (including phenoxy) is 2. The van der Waals surface area contributed by atoms with Crippen molar-refractivity contribution in [2.75, 3.05) is 7.11 Å². The zero-order chi connectivity index (χ0) is 18.1. The van der Waals surface area contributed by atoms with E-state index in [0.717, 1.165) is 16.5 Å². The maximum Gasteiger partial charge on any atom is 0.419 e. The minimum atomic E-state index is -0.786. The van der Waals surface area contributed by atoms with E-state index < -0.39 is 23.7 Å². The molecule has 2 rings (SSSR count). The van der Waals surface area contributed by atoms with Crippen LogP contribution in [0.5, 0.6) is 0 Å². The van der Waals surface area contributed by atoms with Crippen molar-refractivity contribution in [3.8, 4) is 0 Å². The van der Waals surface area contributed by atoms with Gasteiger partial charge in [0, 0.05) is 17.5 Å². The van der Waals surface area contributed by atoms with Crippen LogP contribution in [0.4, 0.5) is 4.79 Å². The first-order valence-corrected chi connectivity index (χ1v) is 7.81. The highest BCUT2D eigenvalue weighted by atomic mass is 16.6. The van der Waals surface area contributed by atoms with E-state index in [0.29, 0.717) is 5.69 Å². The molecule has 0 spiro atoms. The molecule has 0 saturated heterocycles. The van der Waals surface area contributed by atoms with Crippen LogP contribution in [-0.2, 0) is 20.7 Å². The lowest BCUT2D eigenvalue weighted by atomic mass is 10.0. The number of nitrogens with zero attached hydrogens (tertiary/aromatic N) is 1. The molecular formula is C18H24N2O4. The summed E-state index contributed by atoms with van der Waals surface area (Å²) < 4.78 is 11.7. The highest BCUT2D eigenvalue weighted by Crippen LogP contribution is 2.28. The summed E-state index contributed by atoms with van der Waals surface area (Å²) in [6.45, 7) is 7.28. The Kier molecular flexibility index (Phi) is 4.99. The largest absolute Gasteiger partial charge is 0.468 e. The van der Waals surface area contributed by atoms with Crippen molar-refractivity contribution in [2.24, 2.45) is 5.73 Å². The third-order valence-electron chi connectivity index (χ3n) is 3.75. The van der Waals surface area contributed by atoms with Crippen LogP contribution in [0.25, 0.3) is 10.9 Å². The molecule has 0 aliphatic carbocycles. The van der Waals surface area contributed by atoms with Crippen LogP contribution >= 0.6 is 0 Å². The predicted octanol–water partition coefficient (Wildman–Crippen LogP) is 2.78. The van der Waals surface area contributed by atoms with Gasteiger partial charge in [0.1, 0.15) is 11.6 Å². The van der Waals surface area contributed by atoms with Gasteiger partial charge in [-0.1, -0.05) is 18.2 Å². The number of esters is 1. The summed E-state index contributed by atoms with van der Waals surface area (Å²) in [4.78, 5) is 24.2. The summed E-state index contributed by atoms with van der Waals surface area (Å²) in [7, 11) is 1.30. The number of hydrogen-bond donors (Lipinski definition) is 1. The second kappa shape index (κ2) is 6.65. The Balaban J connectivity index is 2.52. The molecule has 1 aromatic heterocycles. The molecule has 1 aromatic carbocycles. The van der Waals surface area contributed by atoms with Crippen LogP contribution in [0.1, 0.15) is 32.0 Å². The highest BCUT2D eigenvalue weighted by Gasteiger charge is 2.25. The fraction of sp³-hybridized carbons (Fsp3) is 0.444. The topological polar surface area (TPSA) is 83.5 Å². The van der Waals surface area contributed by atoms with Crippen LogP contribution in [0.2, 0.25) is 0 Å². The van der Waals surface area contributed by atoms with Gasteiger partial charge in [-0.25, -0.2) is 9.36 Å². The van der Waals surface area contributed by atoms with Crippen LogP contribution in [0, 0.1) is 6.92 Å². The Morgan fingerprint density at radius 1 is 1.25 bits per heavy atom. The van der Waals surface area contributed by atoms with E-state index >= 15 is 0 Å². The van der Waals surface area contributed by atoms with E-state index in [-0.39, 0.29) is 6.42 Å². The van der Waals surface area contributed by atoms with Crippen LogP contribution in [0.3, 0.4) is 0 Å². The van der Waals surface area contributed by atoms with Gasteiger partial charge < -0.3 is 15.2 Å². The lowest BCUT2D eigenvalue weighted by Gasteiger charge is -2.20. The Hall–Kier alpha value is -2.34. The van der Waals surface area contributed by atoms with Crippen molar-refractivity contribution in [3.05, 3.63) is 35.5 Å².